The van der Waals surface area contributed by atoms with Crippen LogP contribution in [-0.4, -0.2) is 9.55 Å². The Kier molecular flexibility index (Phi) is 3.31. The minimum absolute atomic E-state index is 0.670. The second kappa shape index (κ2) is 4.94. The SMILES string of the molecule is CCCCc1nc(C2CCCC2)n(C2CC2)c1N. The molecule has 3 nitrogen and oxygen atoms in total. The summed E-state index contributed by atoms with van der Waals surface area (Å²) in [5.41, 5.74) is 7.53. The molecule has 0 aliphatic heterocycles. The summed E-state index contributed by atoms with van der Waals surface area (Å²) in [5, 5.41) is 0. The summed E-state index contributed by atoms with van der Waals surface area (Å²) >= 11 is 0. The molecule has 0 aromatic carbocycles. The fraction of sp³-hybridized carbons (Fsp3) is 0.800. The van der Waals surface area contributed by atoms with E-state index in [4.69, 9.17) is 10.7 Å². The molecule has 0 atom stereocenters. The van der Waals surface area contributed by atoms with E-state index in [-0.39, 0.29) is 0 Å². The van der Waals surface area contributed by atoms with Gasteiger partial charge in [-0.05, 0) is 38.5 Å². The van der Waals surface area contributed by atoms with Crippen molar-refractivity contribution in [2.75, 3.05) is 5.73 Å². The Hall–Kier alpha value is -0.990. The Bertz CT molecular complexity index is 412. The number of aromatic nitrogens is 2. The molecule has 0 unspecified atom stereocenters. The third-order valence-corrected chi connectivity index (χ3v) is 4.45. The molecular formula is C15H25N3. The van der Waals surface area contributed by atoms with Gasteiger partial charge in [-0.25, -0.2) is 4.98 Å². The lowest BCUT2D eigenvalue weighted by molar-refractivity contribution is 0.595. The number of unbranched alkanes of at least 4 members (excludes halogenated alkanes) is 1. The second-order valence-electron chi connectivity index (χ2n) is 5.99. The third-order valence-electron chi connectivity index (χ3n) is 4.45. The molecule has 0 saturated heterocycles. The first-order valence-electron chi connectivity index (χ1n) is 7.67. The Morgan fingerprint density at radius 3 is 2.56 bits per heavy atom. The highest BCUT2D eigenvalue weighted by Crippen LogP contribution is 2.43. The minimum Gasteiger partial charge on any atom is -0.384 e. The van der Waals surface area contributed by atoms with Crippen LogP contribution in [-0.2, 0) is 6.42 Å². The highest BCUT2D eigenvalue weighted by Gasteiger charge is 2.33. The van der Waals surface area contributed by atoms with E-state index in [9.17, 15) is 0 Å². The summed E-state index contributed by atoms with van der Waals surface area (Å²) in [4.78, 5) is 4.93. The molecule has 2 N–H and O–H groups in total. The van der Waals surface area contributed by atoms with Gasteiger partial charge in [0.1, 0.15) is 11.6 Å². The monoisotopic (exact) mass is 247 g/mol. The molecule has 2 saturated carbocycles. The van der Waals surface area contributed by atoms with Crippen molar-refractivity contribution in [3.05, 3.63) is 11.5 Å². The third kappa shape index (κ3) is 2.15. The number of nitrogens with two attached hydrogens (primary N) is 1. The summed E-state index contributed by atoms with van der Waals surface area (Å²) in [6, 6.07) is 0.670. The van der Waals surface area contributed by atoms with E-state index in [2.05, 4.69) is 11.5 Å². The zero-order valence-corrected chi connectivity index (χ0v) is 11.5. The standard InChI is InChI=1S/C15H25N3/c1-2-3-8-13-14(16)18(12-9-10-12)15(17-13)11-6-4-5-7-11/h11-12H,2-10,16H2,1H3. The molecule has 0 bridgehead atoms. The zero-order chi connectivity index (χ0) is 12.5. The summed E-state index contributed by atoms with van der Waals surface area (Å²) in [6.45, 7) is 2.23. The van der Waals surface area contributed by atoms with Crippen LogP contribution in [0.5, 0.6) is 0 Å². The predicted octanol–water partition coefficient (Wildman–Crippen LogP) is 3.80. The lowest BCUT2D eigenvalue weighted by Gasteiger charge is -2.12. The topological polar surface area (TPSA) is 43.8 Å². The maximum absolute atomic E-state index is 6.35. The first-order valence-corrected chi connectivity index (χ1v) is 7.67. The molecule has 0 spiro atoms. The minimum atomic E-state index is 0.670. The van der Waals surface area contributed by atoms with Gasteiger partial charge in [-0.2, -0.15) is 0 Å². The number of rotatable bonds is 5. The van der Waals surface area contributed by atoms with Gasteiger partial charge in [0, 0.05) is 12.0 Å². The fourth-order valence-electron chi connectivity index (χ4n) is 3.23. The van der Waals surface area contributed by atoms with Gasteiger partial charge in [0.05, 0.1) is 5.69 Å². The number of imidazole rings is 1. The van der Waals surface area contributed by atoms with Crippen molar-refractivity contribution < 1.29 is 0 Å². The van der Waals surface area contributed by atoms with Gasteiger partial charge >= 0.3 is 0 Å². The molecule has 0 radical (unpaired) electrons. The van der Waals surface area contributed by atoms with Crippen molar-refractivity contribution >= 4 is 5.82 Å². The van der Waals surface area contributed by atoms with Gasteiger partial charge in [0.25, 0.3) is 0 Å². The number of aryl methyl sites for hydroxylation is 1. The average Bonchev–Trinajstić information content (AvgIpc) is 2.95. The van der Waals surface area contributed by atoms with Gasteiger partial charge in [-0.15, -0.1) is 0 Å². The molecule has 1 aromatic heterocycles. The highest BCUT2D eigenvalue weighted by molar-refractivity contribution is 5.40. The van der Waals surface area contributed by atoms with Crippen LogP contribution >= 0.6 is 0 Å². The van der Waals surface area contributed by atoms with Crippen molar-refractivity contribution in [2.45, 2.75) is 76.7 Å². The maximum Gasteiger partial charge on any atom is 0.127 e. The molecule has 3 rings (SSSR count). The lowest BCUT2D eigenvalue weighted by atomic mass is 10.1. The summed E-state index contributed by atoms with van der Waals surface area (Å²) in [7, 11) is 0. The molecule has 1 heterocycles. The number of hydrogen-bond acceptors (Lipinski definition) is 2. The highest BCUT2D eigenvalue weighted by atomic mass is 15.2. The van der Waals surface area contributed by atoms with Gasteiger partial charge in [0.2, 0.25) is 0 Å². The number of hydrogen-bond donors (Lipinski definition) is 1. The van der Waals surface area contributed by atoms with Gasteiger partial charge in [0.15, 0.2) is 0 Å². The number of anilines is 1. The van der Waals surface area contributed by atoms with Crippen LogP contribution in [0.15, 0.2) is 0 Å². The van der Waals surface area contributed by atoms with Crippen LogP contribution in [0.25, 0.3) is 0 Å². The molecular weight excluding hydrogens is 222 g/mol. The van der Waals surface area contributed by atoms with Crippen molar-refractivity contribution in [1.82, 2.24) is 9.55 Å². The van der Waals surface area contributed by atoms with E-state index in [1.807, 2.05) is 0 Å². The largest absolute Gasteiger partial charge is 0.384 e. The predicted molar refractivity (Wildman–Crippen MR) is 74.7 cm³/mol. The van der Waals surface area contributed by atoms with E-state index in [0.717, 1.165) is 12.2 Å². The molecule has 1 aromatic rings. The van der Waals surface area contributed by atoms with Crippen LogP contribution in [0.1, 0.15) is 81.8 Å². The summed E-state index contributed by atoms with van der Waals surface area (Å²) in [6.07, 6.45) is 11.4. The Labute approximate surface area is 110 Å². The quantitative estimate of drug-likeness (QED) is 0.860. The van der Waals surface area contributed by atoms with Crippen molar-refractivity contribution in [3.63, 3.8) is 0 Å². The van der Waals surface area contributed by atoms with Crippen molar-refractivity contribution in [2.24, 2.45) is 0 Å². The smallest absolute Gasteiger partial charge is 0.127 e. The molecule has 2 fully saturated rings. The molecule has 2 aliphatic rings. The number of nitrogen functional groups attached to an aromatic ring is 1. The molecule has 18 heavy (non-hydrogen) atoms. The Balaban J connectivity index is 1.90. The zero-order valence-electron chi connectivity index (χ0n) is 11.5. The van der Waals surface area contributed by atoms with Crippen LogP contribution in [0.4, 0.5) is 5.82 Å². The van der Waals surface area contributed by atoms with E-state index in [1.54, 1.807) is 0 Å². The van der Waals surface area contributed by atoms with Gasteiger partial charge in [-0.1, -0.05) is 26.2 Å². The van der Waals surface area contributed by atoms with E-state index in [1.165, 1.54) is 62.9 Å². The van der Waals surface area contributed by atoms with E-state index >= 15 is 0 Å². The summed E-state index contributed by atoms with van der Waals surface area (Å²) in [5.74, 6) is 2.98. The fourth-order valence-corrected chi connectivity index (χ4v) is 3.23. The molecule has 100 valence electrons. The molecule has 3 heteroatoms. The first-order chi connectivity index (χ1) is 8.81. The Morgan fingerprint density at radius 1 is 1.22 bits per heavy atom. The lowest BCUT2D eigenvalue weighted by Crippen LogP contribution is -2.08. The maximum atomic E-state index is 6.35. The van der Waals surface area contributed by atoms with Gasteiger partial charge < -0.3 is 10.3 Å². The van der Waals surface area contributed by atoms with Crippen LogP contribution < -0.4 is 5.73 Å². The average molecular weight is 247 g/mol. The van der Waals surface area contributed by atoms with E-state index in [0.29, 0.717) is 12.0 Å². The van der Waals surface area contributed by atoms with E-state index < -0.39 is 0 Å². The van der Waals surface area contributed by atoms with Crippen LogP contribution in [0.3, 0.4) is 0 Å². The first kappa shape index (κ1) is 12.1. The Morgan fingerprint density at radius 2 is 1.94 bits per heavy atom. The van der Waals surface area contributed by atoms with Crippen LogP contribution in [0, 0.1) is 0 Å². The van der Waals surface area contributed by atoms with Crippen molar-refractivity contribution in [1.29, 1.82) is 0 Å². The van der Waals surface area contributed by atoms with Gasteiger partial charge in [-0.3, -0.25) is 0 Å². The second-order valence-corrected chi connectivity index (χ2v) is 5.99. The molecule has 0 amide bonds. The normalized spacial score (nSPS) is 20.7. The molecule has 2 aliphatic carbocycles. The number of nitrogens with zero attached hydrogens (tertiary/aromatic N) is 2. The van der Waals surface area contributed by atoms with Crippen LogP contribution in [0.2, 0.25) is 0 Å². The summed E-state index contributed by atoms with van der Waals surface area (Å²) < 4.78 is 2.39. The van der Waals surface area contributed by atoms with Crippen molar-refractivity contribution in [3.8, 4) is 0 Å².